The van der Waals surface area contributed by atoms with Crippen molar-refractivity contribution in [3.63, 3.8) is 0 Å². The van der Waals surface area contributed by atoms with Gasteiger partial charge < -0.3 is 5.32 Å². The Kier molecular flexibility index (Phi) is 3.99. The maximum Gasteiger partial charge on any atom is 0.209 e. The standard InChI is InChI=1S/C19H12FN7S/c20-14-3-1-12(2-4-14)13-8-22-18-16(9-24-27(18)10-13)17-7-15(5-6-21-17)25-19-26-23-11-28-19/h1-11H,(H,21,25,26). The Balaban J connectivity index is 1.51. The van der Waals surface area contributed by atoms with Crippen molar-refractivity contribution in [1.82, 2.24) is 29.8 Å². The highest BCUT2D eigenvalue weighted by Gasteiger charge is 2.11. The minimum absolute atomic E-state index is 0.271. The number of hydrogen-bond acceptors (Lipinski definition) is 7. The number of halogens is 1. The maximum absolute atomic E-state index is 13.1. The molecule has 0 radical (unpaired) electrons. The summed E-state index contributed by atoms with van der Waals surface area (Å²) in [6.07, 6.45) is 7.06. The summed E-state index contributed by atoms with van der Waals surface area (Å²) >= 11 is 1.42. The molecule has 0 unspecified atom stereocenters. The Morgan fingerprint density at radius 2 is 1.89 bits per heavy atom. The van der Waals surface area contributed by atoms with Crippen molar-refractivity contribution in [3.05, 3.63) is 72.5 Å². The first kappa shape index (κ1) is 16.5. The number of pyridine rings is 1. The Morgan fingerprint density at radius 3 is 2.71 bits per heavy atom. The maximum atomic E-state index is 13.1. The fourth-order valence-corrected chi connectivity index (χ4v) is 3.32. The summed E-state index contributed by atoms with van der Waals surface area (Å²) in [6.45, 7) is 0. The number of benzene rings is 1. The van der Waals surface area contributed by atoms with Crippen molar-refractivity contribution in [2.45, 2.75) is 0 Å². The monoisotopic (exact) mass is 389 g/mol. The van der Waals surface area contributed by atoms with Gasteiger partial charge in [-0.15, -0.1) is 10.2 Å². The third-order valence-corrected chi connectivity index (χ3v) is 4.79. The van der Waals surface area contributed by atoms with Crippen molar-refractivity contribution in [2.75, 3.05) is 5.32 Å². The molecule has 0 aliphatic carbocycles. The second kappa shape index (κ2) is 6.78. The Hall–Kier alpha value is -3.72. The van der Waals surface area contributed by atoms with E-state index < -0.39 is 0 Å². The van der Waals surface area contributed by atoms with Gasteiger partial charge in [0.2, 0.25) is 5.13 Å². The molecule has 0 fully saturated rings. The van der Waals surface area contributed by atoms with Gasteiger partial charge in [-0.2, -0.15) is 5.10 Å². The van der Waals surface area contributed by atoms with Crippen LogP contribution in [0.2, 0.25) is 0 Å². The molecule has 5 rings (SSSR count). The van der Waals surface area contributed by atoms with Crippen LogP contribution in [0, 0.1) is 5.82 Å². The van der Waals surface area contributed by atoms with E-state index in [0.29, 0.717) is 10.8 Å². The molecule has 4 heterocycles. The number of aromatic nitrogens is 6. The summed E-state index contributed by atoms with van der Waals surface area (Å²) in [4.78, 5) is 8.99. The summed E-state index contributed by atoms with van der Waals surface area (Å²) in [5.41, 5.74) is 6.47. The zero-order chi connectivity index (χ0) is 18.9. The van der Waals surface area contributed by atoms with Gasteiger partial charge in [0.25, 0.3) is 0 Å². The van der Waals surface area contributed by atoms with Gasteiger partial charge >= 0.3 is 0 Å². The zero-order valence-corrected chi connectivity index (χ0v) is 15.1. The number of rotatable bonds is 4. The van der Waals surface area contributed by atoms with Crippen LogP contribution in [-0.4, -0.2) is 29.8 Å². The summed E-state index contributed by atoms with van der Waals surface area (Å²) in [5, 5.41) is 16.1. The van der Waals surface area contributed by atoms with Crippen LogP contribution in [0.5, 0.6) is 0 Å². The van der Waals surface area contributed by atoms with E-state index in [9.17, 15) is 4.39 Å². The van der Waals surface area contributed by atoms with Gasteiger partial charge in [0.05, 0.1) is 17.5 Å². The number of hydrogen-bond donors (Lipinski definition) is 1. The first-order valence-electron chi connectivity index (χ1n) is 8.35. The van der Waals surface area contributed by atoms with Crippen LogP contribution in [0.1, 0.15) is 0 Å². The minimum atomic E-state index is -0.271. The van der Waals surface area contributed by atoms with E-state index in [1.54, 1.807) is 40.7 Å². The lowest BCUT2D eigenvalue weighted by atomic mass is 10.1. The van der Waals surface area contributed by atoms with Gasteiger partial charge in [0, 0.05) is 29.8 Å². The molecule has 0 amide bonds. The molecule has 0 spiro atoms. The van der Waals surface area contributed by atoms with Crippen LogP contribution in [0.15, 0.2) is 66.7 Å². The molecule has 4 aromatic heterocycles. The van der Waals surface area contributed by atoms with Crippen molar-refractivity contribution in [2.24, 2.45) is 0 Å². The molecule has 0 saturated heterocycles. The average molecular weight is 389 g/mol. The molecular weight excluding hydrogens is 377 g/mol. The van der Waals surface area contributed by atoms with Crippen molar-refractivity contribution in [1.29, 1.82) is 0 Å². The lowest BCUT2D eigenvalue weighted by Gasteiger charge is -2.05. The smallest absolute Gasteiger partial charge is 0.209 e. The molecule has 9 heteroatoms. The molecule has 136 valence electrons. The van der Waals surface area contributed by atoms with Gasteiger partial charge in [-0.25, -0.2) is 13.9 Å². The minimum Gasteiger partial charge on any atom is -0.330 e. The van der Waals surface area contributed by atoms with Gasteiger partial charge in [0.1, 0.15) is 11.3 Å². The first-order chi connectivity index (χ1) is 13.8. The van der Waals surface area contributed by atoms with Crippen LogP contribution in [0.25, 0.3) is 28.0 Å². The molecule has 0 aliphatic heterocycles. The molecule has 0 saturated carbocycles. The number of anilines is 2. The van der Waals surface area contributed by atoms with Crippen LogP contribution >= 0.6 is 11.3 Å². The lowest BCUT2D eigenvalue weighted by molar-refractivity contribution is 0.628. The van der Waals surface area contributed by atoms with E-state index in [1.165, 1.54) is 23.5 Å². The zero-order valence-electron chi connectivity index (χ0n) is 14.3. The Morgan fingerprint density at radius 1 is 1.00 bits per heavy atom. The highest BCUT2D eigenvalue weighted by Crippen LogP contribution is 2.27. The quantitative estimate of drug-likeness (QED) is 0.496. The van der Waals surface area contributed by atoms with E-state index in [2.05, 4.69) is 30.6 Å². The SMILES string of the molecule is Fc1ccc(-c2cnc3c(-c4cc(Nc5nncs5)ccn4)cnn3c2)cc1. The predicted octanol–water partition coefficient (Wildman–Crippen LogP) is 4.19. The van der Waals surface area contributed by atoms with Crippen LogP contribution in [0.4, 0.5) is 15.2 Å². The van der Waals surface area contributed by atoms with Gasteiger partial charge in [-0.1, -0.05) is 23.5 Å². The van der Waals surface area contributed by atoms with Gasteiger partial charge in [0.15, 0.2) is 5.65 Å². The van der Waals surface area contributed by atoms with Crippen LogP contribution < -0.4 is 5.32 Å². The highest BCUT2D eigenvalue weighted by molar-refractivity contribution is 7.13. The molecule has 7 nitrogen and oxygen atoms in total. The van der Waals surface area contributed by atoms with E-state index >= 15 is 0 Å². The molecule has 28 heavy (non-hydrogen) atoms. The molecule has 1 N–H and O–H groups in total. The summed E-state index contributed by atoms with van der Waals surface area (Å²) < 4.78 is 14.8. The third kappa shape index (κ3) is 3.08. The normalized spacial score (nSPS) is 11.0. The first-order valence-corrected chi connectivity index (χ1v) is 9.23. The number of fused-ring (bicyclic) bond motifs is 1. The van der Waals surface area contributed by atoms with E-state index in [0.717, 1.165) is 28.1 Å². The number of nitrogens with one attached hydrogen (secondary N) is 1. The second-order valence-corrected chi connectivity index (χ2v) is 6.81. The topological polar surface area (TPSA) is 80.9 Å². The molecule has 0 bridgehead atoms. The van der Waals surface area contributed by atoms with Crippen molar-refractivity contribution in [3.8, 4) is 22.4 Å². The van der Waals surface area contributed by atoms with Crippen molar-refractivity contribution >= 4 is 27.8 Å². The fraction of sp³-hybridized carbons (Fsp3) is 0. The van der Waals surface area contributed by atoms with Crippen molar-refractivity contribution < 1.29 is 4.39 Å². The largest absolute Gasteiger partial charge is 0.330 e. The average Bonchev–Trinajstić information content (AvgIpc) is 3.38. The van der Waals surface area contributed by atoms with Crippen LogP contribution in [-0.2, 0) is 0 Å². The summed E-state index contributed by atoms with van der Waals surface area (Å²) in [6, 6.07) is 10.0. The van der Waals surface area contributed by atoms with Gasteiger partial charge in [-0.3, -0.25) is 4.98 Å². The third-order valence-electron chi connectivity index (χ3n) is 4.18. The summed E-state index contributed by atoms with van der Waals surface area (Å²) in [7, 11) is 0. The van der Waals surface area contributed by atoms with E-state index in [-0.39, 0.29) is 5.82 Å². The lowest BCUT2D eigenvalue weighted by Crippen LogP contribution is -1.94. The Labute approximate surface area is 162 Å². The van der Waals surface area contributed by atoms with E-state index in [4.69, 9.17) is 0 Å². The molecule has 5 aromatic rings. The number of nitrogens with zero attached hydrogens (tertiary/aromatic N) is 6. The molecular formula is C19H12FN7S. The Bertz CT molecular complexity index is 1250. The highest BCUT2D eigenvalue weighted by atomic mass is 32.1. The molecule has 0 aliphatic rings. The second-order valence-electron chi connectivity index (χ2n) is 5.97. The predicted molar refractivity (Wildman–Crippen MR) is 105 cm³/mol. The molecule has 1 aromatic carbocycles. The van der Waals surface area contributed by atoms with Gasteiger partial charge in [-0.05, 0) is 29.8 Å². The van der Waals surface area contributed by atoms with E-state index in [1.807, 2.05) is 18.3 Å². The fourth-order valence-electron chi connectivity index (χ4n) is 2.85. The summed E-state index contributed by atoms with van der Waals surface area (Å²) in [5.74, 6) is -0.271. The van der Waals surface area contributed by atoms with Crippen LogP contribution in [0.3, 0.4) is 0 Å². The molecule has 0 atom stereocenters.